The normalized spacial score (nSPS) is 10.5. The number of carbonyl (C=O) groups excluding carboxylic acids is 1. The number of amides is 1. The first kappa shape index (κ1) is 12.1. The first-order chi connectivity index (χ1) is 7.18. The molecule has 15 heavy (non-hydrogen) atoms. The highest BCUT2D eigenvalue weighted by molar-refractivity contribution is 6.28. The van der Waals surface area contributed by atoms with Crippen LogP contribution in [0, 0.1) is 0 Å². The van der Waals surface area contributed by atoms with Gasteiger partial charge in [0.1, 0.15) is 5.76 Å². The van der Waals surface area contributed by atoms with E-state index in [9.17, 15) is 4.79 Å². The van der Waals surface area contributed by atoms with Crippen LogP contribution < -0.4 is 11.1 Å². The number of carbonyl (C=O) groups is 1. The van der Waals surface area contributed by atoms with Crippen molar-refractivity contribution in [1.29, 1.82) is 0 Å². The summed E-state index contributed by atoms with van der Waals surface area (Å²) in [5.41, 5.74) is 5.01. The van der Waals surface area contributed by atoms with Gasteiger partial charge >= 0.3 is 0 Å². The lowest BCUT2D eigenvalue weighted by Crippen LogP contribution is -2.15. The van der Waals surface area contributed by atoms with Gasteiger partial charge in [-0.2, -0.15) is 0 Å². The summed E-state index contributed by atoms with van der Waals surface area (Å²) >= 11 is 5.61. The zero-order valence-corrected chi connectivity index (χ0v) is 9.22. The molecule has 1 aromatic rings. The standard InChI is InChI=1S/C10H15ClN2O2/c11-9-5-4-8(15-9)7-13-6-2-1-3-10(12)14/h4-5,13H,1-3,6-7H2,(H2,12,14). The molecule has 0 unspecified atom stereocenters. The fourth-order valence-corrected chi connectivity index (χ4v) is 1.37. The second kappa shape index (κ2) is 6.48. The molecule has 0 aromatic carbocycles. The molecular weight excluding hydrogens is 216 g/mol. The molecule has 84 valence electrons. The van der Waals surface area contributed by atoms with Crippen molar-refractivity contribution < 1.29 is 9.21 Å². The van der Waals surface area contributed by atoms with Gasteiger partial charge in [0.2, 0.25) is 5.91 Å². The number of unbranched alkanes of at least 4 members (excludes halogenated alkanes) is 1. The molecule has 0 atom stereocenters. The van der Waals surface area contributed by atoms with Crippen LogP contribution in [0.25, 0.3) is 0 Å². The number of nitrogens with two attached hydrogens (primary N) is 1. The van der Waals surface area contributed by atoms with E-state index in [1.54, 1.807) is 6.07 Å². The minimum atomic E-state index is -0.243. The highest BCUT2D eigenvalue weighted by atomic mass is 35.5. The minimum absolute atomic E-state index is 0.243. The summed E-state index contributed by atoms with van der Waals surface area (Å²) in [6, 6.07) is 3.55. The number of hydrogen-bond acceptors (Lipinski definition) is 3. The summed E-state index contributed by atoms with van der Waals surface area (Å²) in [4.78, 5) is 10.4. The number of halogens is 1. The van der Waals surface area contributed by atoms with Gasteiger partial charge in [-0.3, -0.25) is 4.79 Å². The molecular formula is C10H15ClN2O2. The second-order valence-corrected chi connectivity index (χ2v) is 3.68. The highest BCUT2D eigenvalue weighted by Crippen LogP contribution is 2.12. The Bertz CT molecular complexity index is 312. The summed E-state index contributed by atoms with van der Waals surface area (Å²) < 4.78 is 5.16. The van der Waals surface area contributed by atoms with Gasteiger partial charge < -0.3 is 15.5 Å². The lowest BCUT2D eigenvalue weighted by Gasteiger charge is -2.01. The van der Waals surface area contributed by atoms with E-state index in [-0.39, 0.29) is 5.91 Å². The smallest absolute Gasteiger partial charge is 0.217 e. The van der Waals surface area contributed by atoms with Crippen molar-refractivity contribution in [3.8, 4) is 0 Å². The molecule has 4 nitrogen and oxygen atoms in total. The molecule has 0 spiro atoms. The monoisotopic (exact) mass is 230 g/mol. The number of furan rings is 1. The van der Waals surface area contributed by atoms with E-state index in [0.29, 0.717) is 18.2 Å². The van der Waals surface area contributed by atoms with Crippen molar-refractivity contribution in [2.45, 2.75) is 25.8 Å². The average Bonchev–Trinajstić information content (AvgIpc) is 2.57. The van der Waals surface area contributed by atoms with E-state index in [2.05, 4.69) is 5.32 Å². The van der Waals surface area contributed by atoms with Crippen LogP contribution in [0.2, 0.25) is 5.22 Å². The number of rotatable bonds is 7. The van der Waals surface area contributed by atoms with Crippen molar-refractivity contribution in [1.82, 2.24) is 5.32 Å². The second-order valence-electron chi connectivity index (χ2n) is 3.31. The number of nitrogens with one attached hydrogen (secondary N) is 1. The molecule has 1 aromatic heterocycles. The third-order valence-corrected chi connectivity index (χ3v) is 2.16. The van der Waals surface area contributed by atoms with Gasteiger partial charge in [0.05, 0.1) is 6.54 Å². The van der Waals surface area contributed by atoms with Crippen molar-refractivity contribution >= 4 is 17.5 Å². The van der Waals surface area contributed by atoms with Crippen LogP contribution in [0.5, 0.6) is 0 Å². The fraction of sp³-hybridized carbons (Fsp3) is 0.500. The Kier molecular flexibility index (Phi) is 5.21. The minimum Gasteiger partial charge on any atom is -0.448 e. The van der Waals surface area contributed by atoms with E-state index in [1.807, 2.05) is 6.07 Å². The van der Waals surface area contributed by atoms with Gasteiger partial charge in [-0.15, -0.1) is 0 Å². The van der Waals surface area contributed by atoms with E-state index in [1.165, 1.54) is 0 Å². The molecule has 1 amide bonds. The largest absolute Gasteiger partial charge is 0.448 e. The van der Waals surface area contributed by atoms with Gasteiger partial charge in [-0.1, -0.05) is 0 Å². The first-order valence-corrected chi connectivity index (χ1v) is 5.29. The third-order valence-electron chi connectivity index (χ3n) is 1.95. The van der Waals surface area contributed by atoms with Crippen LogP contribution in [0.4, 0.5) is 0 Å². The van der Waals surface area contributed by atoms with Crippen LogP contribution >= 0.6 is 11.6 Å². The molecule has 0 aliphatic rings. The Morgan fingerprint density at radius 2 is 2.27 bits per heavy atom. The molecule has 0 radical (unpaired) electrons. The molecule has 0 aliphatic carbocycles. The average molecular weight is 231 g/mol. The molecule has 0 bridgehead atoms. The van der Waals surface area contributed by atoms with E-state index in [0.717, 1.165) is 25.1 Å². The maximum absolute atomic E-state index is 10.4. The van der Waals surface area contributed by atoms with Crippen molar-refractivity contribution in [3.63, 3.8) is 0 Å². The Morgan fingerprint density at radius 1 is 1.47 bits per heavy atom. The SMILES string of the molecule is NC(=O)CCCCNCc1ccc(Cl)o1. The highest BCUT2D eigenvalue weighted by Gasteiger charge is 1.98. The van der Waals surface area contributed by atoms with Crippen LogP contribution in [0.15, 0.2) is 16.5 Å². The quantitative estimate of drug-likeness (QED) is 0.701. The van der Waals surface area contributed by atoms with E-state index < -0.39 is 0 Å². The molecule has 0 saturated heterocycles. The van der Waals surface area contributed by atoms with Gasteiger partial charge in [0.25, 0.3) is 0 Å². The number of primary amides is 1. The van der Waals surface area contributed by atoms with Crippen molar-refractivity contribution in [3.05, 3.63) is 23.1 Å². The van der Waals surface area contributed by atoms with Crippen LogP contribution in [-0.2, 0) is 11.3 Å². The van der Waals surface area contributed by atoms with Gasteiger partial charge in [-0.25, -0.2) is 0 Å². The summed E-state index contributed by atoms with van der Waals surface area (Å²) in [6.07, 6.45) is 2.20. The van der Waals surface area contributed by atoms with Gasteiger partial charge in [-0.05, 0) is 43.1 Å². The summed E-state index contributed by atoms with van der Waals surface area (Å²) in [5, 5.41) is 3.59. The van der Waals surface area contributed by atoms with Crippen molar-refractivity contribution in [2.75, 3.05) is 6.54 Å². The zero-order valence-electron chi connectivity index (χ0n) is 8.46. The Balaban J connectivity index is 2.00. The fourth-order valence-electron chi connectivity index (χ4n) is 1.21. The molecule has 1 heterocycles. The Labute approximate surface area is 93.8 Å². The number of hydrogen-bond donors (Lipinski definition) is 2. The third kappa shape index (κ3) is 5.44. The van der Waals surface area contributed by atoms with Gasteiger partial charge in [0, 0.05) is 6.42 Å². The lowest BCUT2D eigenvalue weighted by atomic mass is 10.2. The first-order valence-electron chi connectivity index (χ1n) is 4.91. The predicted octanol–water partition coefficient (Wildman–Crippen LogP) is 1.68. The molecule has 3 N–H and O–H groups in total. The van der Waals surface area contributed by atoms with Crippen molar-refractivity contribution in [2.24, 2.45) is 5.73 Å². The zero-order chi connectivity index (χ0) is 11.1. The molecule has 1 rings (SSSR count). The lowest BCUT2D eigenvalue weighted by molar-refractivity contribution is -0.118. The van der Waals surface area contributed by atoms with Crippen LogP contribution in [0.3, 0.4) is 0 Å². The van der Waals surface area contributed by atoms with Gasteiger partial charge in [0.15, 0.2) is 5.22 Å². The topological polar surface area (TPSA) is 68.3 Å². The maximum Gasteiger partial charge on any atom is 0.217 e. The molecule has 0 aliphatic heterocycles. The Morgan fingerprint density at radius 3 is 2.87 bits per heavy atom. The van der Waals surface area contributed by atoms with Crippen LogP contribution in [0.1, 0.15) is 25.0 Å². The van der Waals surface area contributed by atoms with Crippen LogP contribution in [-0.4, -0.2) is 12.5 Å². The van der Waals surface area contributed by atoms with E-state index >= 15 is 0 Å². The summed E-state index contributed by atoms with van der Waals surface area (Å²) in [6.45, 7) is 1.49. The predicted molar refractivity (Wildman–Crippen MR) is 58.5 cm³/mol. The molecule has 0 fully saturated rings. The summed E-state index contributed by atoms with van der Waals surface area (Å²) in [7, 11) is 0. The Hall–Kier alpha value is -1.00. The maximum atomic E-state index is 10.4. The molecule has 0 saturated carbocycles. The summed E-state index contributed by atoms with van der Waals surface area (Å²) in [5.74, 6) is 0.572. The van der Waals surface area contributed by atoms with E-state index in [4.69, 9.17) is 21.8 Å². The molecule has 5 heteroatoms.